The molecule has 6 heteroatoms. The van der Waals surface area contributed by atoms with E-state index in [-0.39, 0.29) is 11.7 Å². The number of hydrogen-bond acceptors (Lipinski definition) is 5. The fraction of sp³-hybridized carbons (Fsp3) is 0.583. The quantitative estimate of drug-likeness (QED) is 0.652. The van der Waals surface area contributed by atoms with E-state index in [0.717, 1.165) is 32.5 Å². The second-order valence-corrected chi connectivity index (χ2v) is 4.50. The molecule has 1 N–H and O–H groups in total. The van der Waals surface area contributed by atoms with Crippen molar-refractivity contribution in [3.05, 3.63) is 28.4 Å². The zero-order valence-corrected chi connectivity index (χ0v) is 10.5. The van der Waals surface area contributed by atoms with E-state index < -0.39 is 4.92 Å². The summed E-state index contributed by atoms with van der Waals surface area (Å²) in [4.78, 5) is 16.9. The largest absolute Gasteiger partial charge is 0.360 e. The van der Waals surface area contributed by atoms with Crippen LogP contribution in [0.3, 0.4) is 0 Å². The van der Waals surface area contributed by atoms with E-state index in [2.05, 4.69) is 22.1 Å². The lowest BCUT2D eigenvalue weighted by molar-refractivity contribution is -0.384. The van der Waals surface area contributed by atoms with Gasteiger partial charge >= 0.3 is 5.69 Å². The molecule has 0 bridgehead atoms. The van der Waals surface area contributed by atoms with Gasteiger partial charge in [-0.1, -0.05) is 6.92 Å². The second kappa shape index (κ2) is 5.77. The summed E-state index contributed by atoms with van der Waals surface area (Å²) in [5.41, 5.74) is 0.0473. The number of aromatic nitrogens is 1. The molecule has 6 nitrogen and oxygen atoms in total. The van der Waals surface area contributed by atoms with Gasteiger partial charge in [-0.05, 0) is 32.0 Å². The van der Waals surface area contributed by atoms with Gasteiger partial charge in [-0.2, -0.15) is 0 Å². The van der Waals surface area contributed by atoms with Crippen LogP contribution in [-0.2, 0) is 0 Å². The van der Waals surface area contributed by atoms with E-state index in [1.54, 1.807) is 12.3 Å². The van der Waals surface area contributed by atoms with Gasteiger partial charge in [0.15, 0.2) is 0 Å². The van der Waals surface area contributed by atoms with Crippen LogP contribution in [0.2, 0.25) is 0 Å². The van der Waals surface area contributed by atoms with Crippen LogP contribution in [-0.4, -0.2) is 40.5 Å². The van der Waals surface area contributed by atoms with E-state index in [1.807, 2.05) is 0 Å². The van der Waals surface area contributed by atoms with Crippen molar-refractivity contribution in [2.75, 3.05) is 25.0 Å². The Balaban J connectivity index is 2.07. The van der Waals surface area contributed by atoms with Gasteiger partial charge in [0, 0.05) is 24.8 Å². The SMILES string of the molecule is CCN1CCCC(Nc2ncccc2[N+](=O)[O-])C1. The monoisotopic (exact) mass is 250 g/mol. The molecule has 18 heavy (non-hydrogen) atoms. The minimum absolute atomic E-state index is 0.0473. The van der Waals surface area contributed by atoms with Crippen molar-refractivity contribution in [1.82, 2.24) is 9.88 Å². The maximum absolute atomic E-state index is 10.9. The van der Waals surface area contributed by atoms with Crippen molar-refractivity contribution in [1.29, 1.82) is 0 Å². The number of nitrogens with one attached hydrogen (secondary N) is 1. The van der Waals surface area contributed by atoms with Crippen molar-refractivity contribution in [3.8, 4) is 0 Å². The Morgan fingerprint density at radius 1 is 1.67 bits per heavy atom. The molecule has 2 rings (SSSR count). The topological polar surface area (TPSA) is 71.3 Å². The van der Waals surface area contributed by atoms with Crippen molar-refractivity contribution < 1.29 is 4.92 Å². The molecule has 1 unspecified atom stereocenters. The van der Waals surface area contributed by atoms with Crippen molar-refractivity contribution in [2.24, 2.45) is 0 Å². The fourth-order valence-corrected chi connectivity index (χ4v) is 2.31. The number of likely N-dealkylation sites (N-methyl/N-ethyl adjacent to an activating group) is 1. The zero-order chi connectivity index (χ0) is 13.0. The third kappa shape index (κ3) is 2.95. The third-order valence-electron chi connectivity index (χ3n) is 3.28. The smallest absolute Gasteiger partial charge is 0.311 e. The first-order valence-electron chi connectivity index (χ1n) is 6.29. The van der Waals surface area contributed by atoms with Crippen LogP contribution >= 0.6 is 0 Å². The van der Waals surface area contributed by atoms with Crippen LogP contribution in [0.15, 0.2) is 18.3 Å². The number of hydrogen-bond donors (Lipinski definition) is 1. The molecule has 1 aliphatic rings. The molecule has 1 aromatic rings. The van der Waals surface area contributed by atoms with Gasteiger partial charge in [-0.3, -0.25) is 10.1 Å². The first kappa shape index (κ1) is 12.8. The summed E-state index contributed by atoms with van der Waals surface area (Å²) in [5, 5.41) is 14.1. The number of rotatable bonds is 4. The molecular weight excluding hydrogens is 232 g/mol. The molecule has 1 saturated heterocycles. The maximum atomic E-state index is 10.9. The van der Waals surface area contributed by atoms with Crippen molar-refractivity contribution >= 4 is 11.5 Å². The molecule has 0 aromatic carbocycles. The standard InChI is InChI=1S/C12H18N4O2/c1-2-15-8-4-5-10(9-15)14-12-11(16(17)18)6-3-7-13-12/h3,6-7,10H,2,4-5,8-9H2,1H3,(H,13,14). The van der Waals surface area contributed by atoms with Crippen LogP contribution in [0.5, 0.6) is 0 Å². The Morgan fingerprint density at radius 2 is 2.50 bits per heavy atom. The third-order valence-corrected chi connectivity index (χ3v) is 3.28. The number of pyridine rings is 1. The summed E-state index contributed by atoms with van der Waals surface area (Å²) in [5.74, 6) is 0.380. The fourth-order valence-electron chi connectivity index (χ4n) is 2.31. The van der Waals surface area contributed by atoms with Crippen LogP contribution in [0, 0.1) is 10.1 Å². The molecule has 98 valence electrons. The normalized spacial score (nSPS) is 20.6. The summed E-state index contributed by atoms with van der Waals surface area (Å²) in [6.45, 7) is 5.18. The Kier molecular flexibility index (Phi) is 4.09. The summed E-state index contributed by atoms with van der Waals surface area (Å²) < 4.78 is 0. The first-order valence-corrected chi connectivity index (χ1v) is 6.29. The lowest BCUT2D eigenvalue weighted by atomic mass is 10.1. The Hall–Kier alpha value is -1.69. The molecule has 0 radical (unpaired) electrons. The lowest BCUT2D eigenvalue weighted by Crippen LogP contribution is -2.42. The van der Waals surface area contributed by atoms with E-state index in [0.29, 0.717) is 5.82 Å². The molecule has 0 saturated carbocycles. The summed E-state index contributed by atoms with van der Waals surface area (Å²) in [7, 11) is 0. The predicted octanol–water partition coefficient (Wildman–Crippen LogP) is 1.89. The van der Waals surface area contributed by atoms with Gasteiger partial charge in [0.25, 0.3) is 0 Å². The summed E-state index contributed by atoms with van der Waals surface area (Å²) in [6.07, 6.45) is 3.73. The molecule has 1 fully saturated rings. The van der Waals surface area contributed by atoms with Crippen LogP contribution in [0.4, 0.5) is 11.5 Å². The summed E-state index contributed by atoms with van der Waals surface area (Å²) in [6, 6.07) is 3.31. The molecule has 2 heterocycles. The first-order chi connectivity index (χ1) is 8.70. The van der Waals surface area contributed by atoms with Crippen LogP contribution < -0.4 is 5.32 Å². The average Bonchev–Trinajstić information content (AvgIpc) is 2.39. The molecule has 1 aromatic heterocycles. The zero-order valence-electron chi connectivity index (χ0n) is 10.5. The maximum Gasteiger partial charge on any atom is 0.311 e. The van der Waals surface area contributed by atoms with Crippen LogP contribution in [0.1, 0.15) is 19.8 Å². The van der Waals surface area contributed by atoms with Crippen molar-refractivity contribution in [2.45, 2.75) is 25.8 Å². The highest BCUT2D eigenvalue weighted by atomic mass is 16.6. The highest BCUT2D eigenvalue weighted by molar-refractivity contribution is 5.55. The minimum atomic E-state index is -0.393. The molecule has 0 spiro atoms. The predicted molar refractivity (Wildman–Crippen MR) is 69.7 cm³/mol. The number of piperidine rings is 1. The lowest BCUT2D eigenvalue weighted by Gasteiger charge is -2.32. The van der Waals surface area contributed by atoms with Gasteiger partial charge in [-0.25, -0.2) is 4.98 Å². The van der Waals surface area contributed by atoms with Gasteiger partial charge < -0.3 is 10.2 Å². The van der Waals surface area contributed by atoms with E-state index in [1.165, 1.54) is 6.07 Å². The molecular formula is C12H18N4O2. The average molecular weight is 250 g/mol. The molecule has 0 aliphatic carbocycles. The number of likely N-dealkylation sites (tertiary alicyclic amines) is 1. The number of nitrogens with zero attached hydrogens (tertiary/aromatic N) is 3. The Morgan fingerprint density at radius 3 is 3.22 bits per heavy atom. The summed E-state index contributed by atoms with van der Waals surface area (Å²) >= 11 is 0. The van der Waals surface area contributed by atoms with Crippen molar-refractivity contribution in [3.63, 3.8) is 0 Å². The van der Waals surface area contributed by atoms with E-state index in [4.69, 9.17) is 0 Å². The van der Waals surface area contributed by atoms with Gasteiger partial charge in [0.05, 0.1) is 4.92 Å². The highest BCUT2D eigenvalue weighted by Gasteiger charge is 2.22. The van der Waals surface area contributed by atoms with E-state index >= 15 is 0 Å². The second-order valence-electron chi connectivity index (χ2n) is 4.50. The Bertz CT molecular complexity index is 424. The number of anilines is 1. The number of nitro groups is 1. The molecule has 1 aliphatic heterocycles. The highest BCUT2D eigenvalue weighted by Crippen LogP contribution is 2.23. The molecule has 0 amide bonds. The molecule has 1 atom stereocenters. The van der Waals surface area contributed by atoms with Gasteiger partial charge in [-0.15, -0.1) is 0 Å². The minimum Gasteiger partial charge on any atom is -0.360 e. The Labute approximate surface area is 106 Å². The van der Waals surface area contributed by atoms with Gasteiger partial charge in [0.2, 0.25) is 5.82 Å². The van der Waals surface area contributed by atoms with E-state index in [9.17, 15) is 10.1 Å². The van der Waals surface area contributed by atoms with Crippen LogP contribution in [0.25, 0.3) is 0 Å². The van der Waals surface area contributed by atoms with Gasteiger partial charge in [0.1, 0.15) is 0 Å².